The average molecular weight is 443 g/mol. The molecule has 0 heterocycles. The molecule has 128 valence electrons. The molecule has 1 aromatic carbocycles. The molecular weight excluding hydrogens is 418 g/mol. The summed E-state index contributed by atoms with van der Waals surface area (Å²) in [7, 11) is 0. The van der Waals surface area contributed by atoms with Gasteiger partial charge in [0.15, 0.2) is 0 Å². The third-order valence-corrected chi connectivity index (χ3v) is 12.9. The van der Waals surface area contributed by atoms with Gasteiger partial charge < -0.3 is 24.8 Å². The van der Waals surface area contributed by atoms with E-state index in [0.717, 1.165) is 19.3 Å². The number of aliphatic hydroxyl groups excluding tert-OH is 1. The predicted molar refractivity (Wildman–Crippen MR) is 91.7 cm³/mol. The zero-order valence-corrected chi connectivity index (χ0v) is 18.2. The van der Waals surface area contributed by atoms with Crippen LogP contribution in [0, 0.1) is 0 Å². The second-order valence-corrected chi connectivity index (χ2v) is 13.8. The Morgan fingerprint density at radius 2 is 1.92 bits per heavy atom. The SMILES string of the molecule is C[C](C)=[Zr+2]([C]1=C(CCCO)C=CC1)[CH]1C=Cc2ccccc21.[Cl-].[Cl-]. The van der Waals surface area contributed by atoms with Gasteiger partial charge >= 0.3 is 141 Å². The molecule has 1 aromatic rings. The van der Waals surface area contributed by atoms with Gasteiger partial charge in [-0.1, -0.05) is 0 Å². The van der Waals surface area contributed by atoms with Crippen molar-refractivity contribution in [1.82, 2.24) is 0 Å². The van der Waals surface area contributed by atoms with Gasteiger partial charge in [0.05, 0.1) is 0 Å². The fraction of sp³-hybridized carbons (Fsp3) is 0.350. The average Bonchev–Trinajstić information content (AvgIpc) is 3.13. The van der Waals surface area contributed by atoms with Crippen LogP contribution in [0.1, 0.15) is 47.9 Å². The molecule has 1 nitrogen and oxygen atoms in total. The number of aliphatic hydroxyl groups is 1. The molecule has 4 heteroatoms. The number of allylic oxidation sites excluding steroid dienone is 5. The maximum atomic E-state index is 9.16. The van der Waals surface area contributed by atoms with Crippen LogP contribution in [0.25, 0.3) is 6.08 Å². The Morgan fingerprint density at radius 3 is 2.62 bits per heavy atom. The topological polar surface area (TPSA) is 20.2 Å². The van der Waals surface area contributed by atoms with Crippen molar-refractivity contribution >= 4 is 9.28 Å². The Hall–Kier alpha value is -0.267. The summed E-state index contributed by atoms with van der Waals surface area (Å²) in [5.74, 6) is 0. The minimum atomic E-state index is -1.87. The molecule has 0 fully saturated rings. The van der Waals surface area contributed by atoms with E-state index in [2.05, 4.69) is 62.4 Å². The van der Waals surface area contributed by atoms with Gasteiger partial charge in [0.2, 0.25) is 0 Å². The van der Waals surface area contributed by atoms with E-state index < -0.39 is 21.3 Å². The van der Waals surface area contributed by atoms with Gasteiger partial charge in [-0.05, 0) is 0 Å². The van der Waals surface area contributed by atoms with Crippen LogP contribution in [0.5, 0.6) is 0 Å². The van der Waals surface area contributed by atoms with Crippen molar-refractivity contribution in [2.24, 2.45) is 0 Å². The summed E-state index contributed by atoms with van der Waals surface area (Å²) >= 11 is -1.87. The number of fused-ring (bicyclic) bond motifs is 1. The summed E-state index contributed by atoms with van der Waals surface area (Å²) in [5.41, 5.74) is 4.48. The molecule has 0 spiro atoms. The summed E-state index contributed by atoms with van der Waals surface area (Å²) in [5, 5.41) is 9.16. The fourth-order valence-corrected chi connectivity index (χ4v) is 11.9. The summed E-state index contributed by atoms with van der Waals surface area (Å²) in [4.78, 5) is 0. The van der Waals surface area contributed by atoms with E-state index in [-0.39, 0.29) is 24.8 Å². The number of benzene rings is 1. The van der Waals surface area contributed by atoms with Crippen LogP contribution in [0.15, 0.2) is 51.3 Å². The van der Waals surface area contributed by atoms with E-state index in [0.29, 0.717) is 10.2 Å². The minimum absolute atomic E-state index is 0. The first kappa shape index (κ1) is 21.8. The van der Waals surface area contributed by atoms with Crippen molar-refractivity contribution in [1.29, 1.82) is 0 Å². The maximum Gasteiger partial charge on any atom is -1.00 e. The van der Waals surface area contributed by atoms with Crippen LogP contribution in [0.3, 0.4) is 0 Å². The largest absolute Gasteiger partial charge is 1.00 e. The fourth-order valence-electron chi connectivity index (χ4n) is 3.64. The molecule has 0 saturated carbocycles. The summed E-state index contributed by atoms with van der Waals surface area (Å²) in [6.45, 7) is 4.99. The van der Waals surface area contributed by atoms with Gasteiger partial charge in [0, 0.05) is 0 Å². The molecule has 2 aliphatic rings. The van der Waals surface area contributed by atoms with E-state index in [9.17, 15) is 0 Å². The molecule has 1 N–H and O–H groups in total. The van der Waals surface area contributed by atoms with Gasteiger partial charge in [-0.3, -0.25) is 0 Å². The number of halogens is 2. The van der Waals surface area contributed by atoms with Crippen LogP contribution in [0.4, 0.5) is 0 Å². The molecule has 0 bridgehead atoms. The Labute approximate surface area is 165 Å². The van der Waals surface area contributed by atoms with E-state index in [1.54, 1.807) is 12.1 Å². The quantitative estimate of drug-likeness (QED) is 0.594. The molecule has 3 rings (SSSR count). The van der Waals surface area contributed by atoms with Gasteiger partial charge in [0.25, 0.3) is 0 Å². The zero-order chi connectivity index (χ0) is 15.5. The first-order chi connectivity index (χ1) is 10.7. The summed E-state index contributed by atoms with van der Waals surface area (Å²) in [6.07, 6.45) is 12.5. The standard InChI is InChI=1S/C9H7.C8H11O.C3H6.2ClH.Zr/c1-2-5-9-7-3-6-8(9)4-1;9-7-3-6-8-4-1-2-5-8;1-3-2;;;/h1-7H;1,4,9H,2-3,6-7H2;1-2H3;2*1H;/q;;;;;+2/p-2. The van der Waals surface area contributed by atoms with E-state index >= 15 is 0 Å². The van der Waals surface area contributed by atoms with Crippen molar-refractivity contribution in [2.75, 3.05) is 6.61 Å². The van der Waals surface area contributed by atoms with E-state index in [1.807, 2.05) is 0 Å². The maximum absolute atomic E-state index is 9.16. The zero-order valence-electron chi connectivity index (χ0n) is 14.2. The van der Waals surface area contributed by atoms with Crippen molar-refractivity contribution < 1.29 is 51.2 Å². The smallest absolute Gasteiger partial charge is 1.00 e. The molecule has 2 aliphatic carbocycles. The summed E-state index contributed by atoms with van der Waals surface area (Å²) in [6, 6.07) is 8.88. The van der Waals surface area contributed by atoms with Crippen molar-refractivity contribution in [3.63, 3.8) is 0 Å². The first-order valence-corrected chi connectivity index (χ1v) is 12.0. The van der Waals surface area contributed by atoms with Crippen molar-refractivity contribution in [3.05, 3.63) is 62.5 Å². The molecular formula is C20H24Cl2OZr. The van der Waals surface area contributed by atoms with Gasteiger partial charge in [0.1, 0.15) is 0 Å². The van der Waals surface area contributed by atoms with Crippen LogP contribution in [-0.2, 0) is 21.3 Å². The van der Waals surface area contributed by atoms with Gasteiger partial charge in [-0.25, -0.2) is 0 Å². The molecule has 0 saturated heterocycles. The van der Waals surface area contributed by atoms with Crippen LogP contribution >= 0.6 is 0 Å². The van der Waals surface area contributed by atoms with Crippen molar-refractivity contribution in [2.45, 2.75) is 36.7 Å². The van der Waals surface area contributed by atoms with Gasteiger partial charge in [-0.2, -0.15) is 0 Å². The monoisotopic (exact) mass is 440 g/mol. The third kappa shape index (κ3) is 4.47. The Balaban J connectivity index is 0.00000144. The Kier molecular flexibility index (Phi) is 9.09. The minimum Gasteiger partial charge on any atom is -1.00 e. The molecule has 0 radical (unpaired) electrons. The first-order valence-electron chi connectivity index (χ1n) is 8.16. The van der Waals surface area contributed by atoms with Crippen LogP contribution < -0.4 is 24.8 Å². The number of rotatable bonds is 5. The molecule has 1 atom stereocenters. The normalized spacial score (nSPS) is 17.0. The number of hydrogen-bond donors (Lipinski definition) is 1. The van der Waals surface area contributed by atoms with Gasteiger partial charge in [-0.15, -0.1) is 0 Å². The van der Waals surface area contributed by atoms with Crippen LogP contribution in [0.2, 0.25) is 0 Å². The molecule has 24 heavy (non-hydrogen) atoms. The Morgan fingerprint density at radius 1 is 1.17 bits per heavy atom. The molecule has 0 aliphatic heterocycles. The summed E-state index contributed by atoms with van der Waals surface area (Å²) < 4.78 is 4.08. The van der Waals surface area contributed by atoms with Crippen LogP contribution in [-0.4, -0.2) is 14.9 Å². The second-order valence-electron chi connectivity index (χ2n) is 6.32. The predicted octanol–water partition coefficient (Wildman–Crippen LogP) is -1.42. The number of hydrogen-bond acceptors (Lipinski definition) is 1. The molecule has 1 unspecified atom stereocenters. The Bertz CT molecular complexity index is 697. The molecule has 0 amide bonds. The van der Waals surface area contributed by atoms with E-state index in [1.165, 1.54) is 11.1 Å². The van der Waals surface area contributed by atoms with Crippen molar-refractivity contribution in [3.8, 4) is 0 Å². The van der Waals surface area contributed by atoms with E-state index in [4.69, 9.17) is 5.11 Å². The third-order valence-electron chi connectivity index (χ3n) is 4.61. The second kappa shape index (κ2) is 10.0. The molecule has 0 aromatic heterocycles.